The first-order valence-electron chi connectivity index (χ1n) is 5.12. The molecule has 0 radical (unpaired) electrons. The molecule has 0 amide bonds. The van der Waals surface area contributed by atoms with Crippen molar-refractivity contribution < 1.29 is 18.6 Å². The van der Waals surface area contributed by atoms with Gasteiger partial charge in [0.05, 0.1) is 22.7 Å². The van der Waals surface area contributed by atoms with Gasteiger partial charge in [0.1, 0.15) is 17.7 Å². The zero-order chi connectivity index (χ0) is 12.4. The predicted octanol–water partition coefficient (Wildman–Crippen LogP) is 2.89. The van der Waals surface area contributed by atoms with Crippen molar-refractivity contribution in [1.29, 1.82) is 0 Å². The molecule has 2 nitrogen and oxygen atoms in total. The minimum absolute atomic E-state index is 0.136. The summed E-state index contributed by atoms with van der Waals surface area (Å²) in [5, 5.41) is 9.99. The van der Waals surface area contributed by atoms with Crippen molar-refractivity contribution in [3.05, 3.63) is 33.8 Å². The number of aliphatic hydroxyl groups excluding tert-OH is 1. The molecule has 0 aromatic heterocycles. The van der Waals surface area contributed by atoms with E-state index in [9.17, 15) is 13.9 Å². The standard InChI is InChI=1S/C11H11BrF2O2S/c12-6-1-2-7(13)9(10(6)14)11(15)8-5-17-4-3-16-8/h1-2,8,11,15H,3-5H2. The minimum Gasteiger partial charge on any atom is -0.385 e. The van der Waals surface area contributed by atoms with Crippen molar-refractivity contribution in [3.63, 3.8) is 0 Å². The van der Waals surface area contributed by atoms with Crippen LogP contribution in [0.15, 0.2) is 16.6 Å². The Morgan fingerprint density at radius 1 is 1.47 bits per heavy atom. The molecule has 1 N–H and O–H groups in total. The lowest BCUT2D eigenvalue weighted by Crippen LogP contribution is -2.30. The van der Waals surface area contributed by atoms with Crippen LogP contribution in [0.2, 0.25) is 0 Å². The molecule has 0 saturated carbocycles. The number of rotatable bonds is 2. The first-order valence-corrected chi connectivity index (χ1v) is 7.07. The van der Waals surface area contributed by atoms with Crippen LogP contribution in [0.3, 0.4) is 0 Å². The van der Waals surface area contributed by atoms with E-state index < -0.39 is 23.8 Å². The highest BCUT2D eigenvalue weighted by atomic mass is 79.9. The molecule has 94 valence electrons. The van der Waals surface area contributed by atoms with Gasteiger partial charge in [0, 0.05) is 11.5 Å². The molecule has 1 aliphatic heterocycles. The molecule has 6 heteroatoms. The molecule has 1 aromatic carbocycles. The Morgan fingerprint density at radius 3 is 2.88 bits per heavy atom. The first kappa shape index (κ1) is 13.3. The van der Waals surface area contributed by atoms with Crippen molar-refractivity contribution >= 4 is 27.7 Å². The van der Waals surface area contributed by atoms with Crippen LogP contribution in [0.25, 0.3) is 0 Å². The van der Waals surface area contributed by atoms with E-state index in [1.54, 1.807) is 11.8 Å². The Labute approximate surface area is 110 Å². The van der Waals surface area contributed by atoms with E-state index in [-0.39, 0.29) is 10.0 Å². The molecule has 1 heterocycles. The summed E-state index contributed by atoms with van der Waals surface area (Å²) in [6.45, 7) is 0.490. The Bertz CT molecular complexity index is 411. The molecule has 2 atom stereocenters. The average molecular weight is 325 g/mol. The lowest BCUT2D eigenvalue weighted by atomic mass is 10.0. The van der Waals surface area contributed by atoms with Crippen LogP contribution in [0.5, 0.6) is 0 Å². The SMILES string of the molecule is OC(c1c(F)ccc(Br)c1F)C1CSCCO1. The average Bonchev–Trinajstić information content (AvgIpc) is 2.35. The van der Waals surface area contributed by atoms with E-state index in [1.807, 2.05) is 0 Å². The molecule has 1 saturated heterocycles. The largest absolute Gasteiger partial charge is 0.385 e. The van der Waals surface area contributed by atoms with Crippen LogP contribution in [0.4, 0.5) is 8.78 Å². The number of hydrogen-bond donors (Lipinski definition) is 1. The molecular weight excluding hydrogens is 314 g/mol. The minimum atomic E-state index is -1.28. The third-order valence-corrected chi connectivity index (χ3v) is 4.20. The predicted molar refractivity (Wildman–Crippen MR) is 66.1 cm³/mol. The lowest BCUT2D eigenvalue weighted by molar-refractivity contribution is -0.0257. The highest BCUT2D eigenvalue weighted by Gasteiger charge is 2.29. The molecule has 0 aliphatic carbocycles. The first-order chi connectivity index (χ1) is 8.11. The fourth-order valence-electron chi connectivity index (χ4n) is 1.69. The Morgan fingerprint density at radius 2 is 2.24 bits per heavy atom. The number of ether oxygens (including phenoxy) is 1. The van der Waals surface area contributed by atoms with Crippen LogP contribution >= 0.6 is 27.7 Å². The molecular formula is C11H11BrF2O2S. The van der Waals surface area contributed by atoms with Gasteiger partial charge in [0.15, 0.2) is 0 Å². The van der Waals surface area contributed by atoms with Gasteiger partial charge >= 0.3 is 0 Å². The summed E-state index contributed by atoms with van der Waals surface area (Å²) in [7, 11) is 0. The number of benzene rings is 1. The number of halogens is 3. The highest BCUT2D eigenvalue weighted by molar-refractivity contribution is 9.10. The Balaban J connectivity index is 2.29. The molecule has 1 aliphatic rings. The third kappa shape index (κ3) is 2.81. The highest BCUT2D eigenvalue weighted by Crippen LogP contribution is 2.31. The second-order valence-corrected chi connectivity index (χ2v) is 5.69. The molecule has 1 aromatic rings. The van der Waals surface area contributed by atoms with Crippen molar-refractivity contribution in [1.82, 2.24) is 0 Å². The zero-order valence-electron chi connectivity index (χ0n) is 8.83. The number of aliphatic hydroxyl groups is 1. The quantitative estimate of drug-likeness (QED) is 0.848. The molecule has 1 fully saturated rings. The van der Waals surface area contributed by atoms with Crippen molar-refractivity contribution in [2.24, 2.45) is 0 Å². The maximum absolute atomic E-state index is 13.8. The van der Waals surface area contributed by atoms with Gasteiger partial charge in [-0.3, -0.25) is 0 Å². The zero-order valence-corrected chi connectivity index (χ0v) is 11.2. The second kappa shape index (κ2) is 5.65. The lowest BCUT2D eigenvalue weighted by Gasteiger charge is -2.27. The Hall–Kier alpha value is -0.170. The van der Waals surface area contributed by atoms with E-state index in [1.165, 1.54) is 6.07 Å². The van der Waals surface area contributed by atoms with Gasteiger partial charge in [-0.2, -0.15) is 11.8 Å². The summed E-state index contributed by atoms with van der Waals surface area (Å²) in [6, 6.07) is 2.40. The van der Waals surface area contributed by atoms with Crippen LogP contribution in [-0.4, -0.2) is 29.3 Å². The summed E-state index contributed by atoms with van der Waals surface area (Å²) in [4.78, 5) is 0. The van der Waals surface area contributed by atoms with Gasteiger partial charge < -0.3 is 9.84 Å². The number of thioether (sulfide) groups is 1. The van der Waals surface area contributed by atoms with E-state index in [0.717, 1.165) is 11.8 Å². The monoisotopic (exact) mass is 324 g/mol. The van der Waals surface area contributed by atoms with Crippen LogP contribution < -0.4 is 0 Å². The van der Waals surface area contributed by atoms with Gasteiger partial charge in [-0.25, -0.2) is 8.78 Å². The summed E-state index contributed by atoms with van der Waals surface area (Å²) < 4.78 is 32.8. The van der Waals surface area contributed by atoms with Crippen molar-refractivity contribution in [2.45, 2.75) is 12.2 Å². The molecule has 0 bridgehead atoms. The van der Waals surface area contributed by atoms with Gasteiger partial charge in [0.25, 0.3) is 0 Å². The smallest absolute Gasteiger partial charge is 0.146 e. The van der Waals surface area contributed by atoms with Gasteiger partial charge in [0.2, 0.25) is 0 Å². The fraction of sp³-hybridized carbons (Fsp3) is 0.455. The van der Waals surface area contributed by atoms with Crippen molar-refractivity contribution in [2.75, 3.05) is 18.1 Å². The van der Waals surface area contributed by atoms with Crippen LogP contribution in [0, 0.1) is 11.6 Å². The topological polar surface area (TPSA) is 29.5 Å². The molecule has 2 unspecified atom stereocenters. The van der Waals surface area contributed by atoms with Gasteiger partial charge in [-0.1, -0.05) is 0 Å². The van der Waals surface area contributed by atoms with E-state index in [4.69, 9.17) is 4.74 Å². The molecule has 17 heavy (non-hydrogen) atoms. The maximum atomic E-state index is 13.8. The summed E-state index contributed by atoms with van der Waals surface area (Å²) >= 11 is 4.57. The maximum Gasteiger partial charge on any atom is 0.146 e. The molecule has 2 rings (SSSR count). The number of hydrogen-bond acceptors (Lipinski definition) is 3. The van der Waals surface area contributed by atoms with Crippen LogP contribution in [0.1, 0.15) is 11.7 Å². The van der Waals surface area contributed by atoms with Crippen molar-refractivity contribution in [3.8, 4) is 0 Å². The summed E-state index contributed by atoms with van der Waals surface area (Å²) in [6.07, 6.45) is -1.84. The fourth-order valence-corrected chi connectivity index (χ4v) is 2.93. The third-order valence-electron chi connectivity index (χ3n) is 2.57. The normalized spacial score (nSPS) is 22.5. The second-order valence-electron chi connectivity index (χ2n) is 3.69. The Kier molecular flexibility index (Phi) is 4.41. The van der Waals surface area contributed by atoms with Gasteiger partial charge in [-0.05, 0) is 28.1 Å². The summed E-state index contributed by atoms with van der Waals surface area (Å²) in [5.41, 5.74) is -0.327. The van der Waals surface area contributed by atoms with Crippen LogP contribution in [-0.2, 0) is 4.74 Å². The van der Waals surface area contributed by atoms with E-state index in [2.05, 4.69) is 15.9 Å². The van der Waals surface area contributed by atoms with E-state index >= 15 is 0 Å². The summed E-state index contributed by atoms with van der Waals surface area (Å²) in [5.74, 6) is -0.145. The van der Waals surface area contributed by atoms with Gasteiger partial charge in [-0.15, -0.1) is 0 Å². The molecule has 0 spiro atoms. The van der Waals surface area contributed by atoms with E-state index in [0.29, 0.717) is 12.4 Å².